The largest absolute Gasteiger partial charge is 0.339 e. The lowest BCUT2D eigenvalue weighted by Crippen LogP contribution is -2.41. The maximum absolute atomic E-state index is 11.8. The second-order valence-electron chi connectivity index (χ2n) is 7.61. The molecule has 4 rings (SSSR count). The van der Waals surface area contributed by atoms with Gasteiger partial charge in [-0.1, -0.05) is 29.8 Å². The number of hydrogen-bond acceptors (Lipinski definition) is 6. The van der Waals surface area contributed by atoms with Crippen molar-refractivity contribution < 1.29 is 8.42 Å². The highest BCUT2D eigenvalue weighted by atomic mass is 32.2. The van der Waals surface area contributed by atoms with Gasteiger partial charge in [-0.25, -0.2) is 18.4 Å². The third-order valence-corrected chi connectivity index (χ3v) is 7.12. The molecule has 2 aliphatic rings. The third kappa shape index (κ3) is 3.99. The zero-order valence-electron chi connectivity index (χ0n) is 16.0. The maximum Gasteiger partial charge on any atom is 0.226 e. The smallest absolute Gasteiger partial charge is 0.226 e. The van der Waals surface area contributed by atoms with Crippen molar-refractivity contribution in [2.24, 2.45) is 0 Å². The molecule has 27 heavy (non-hydrogen) atoms. The number of hydrogen-bond donors (Lipinski definition) is 0. The molecular weight excluding hydrogens is 360 g/mol. The van der Waals surface area contributed by atoms with Crippen LogP contribution in [0.2, 0.25) is 0 Å². The van der Waals surface area contributed by atoms with Crippen LogP contribution in [-0.2, 0) is 22.7 Å². The topological polar surface area (TPSA) is 66.4 Å². The highest BCUT2D eigenvalue weighted by molar-refractivity contribution is 7.91. The molecular formula is C20H26N4O2S. The zero-order valence-corrected chi connectivity index (χ0v) is 16.8. The van der Waals surface area contributed by atoms with Crippen molar-refractivity contribution in [1.82, 2.24) is 14.9 Å². The van der Waals surface area contributed by atoms with E-state index in [0.29, 0.717) is 19.0 Å². The molecule has 0 aliphatic carbocycles. The van der Waals surface area contributed by atoms with Gasteiger partial charge in [0.1, 0.15) is 0 Å². The number of anilines is 1. The van der Waals surface area contributed by atoms with Crippen LogP contribution in [0.4, 0.5) is 5.95 Å². The number of likely N-dealkylation sites (N-methyl/N-ethyl adjacent to an activating group) is 1. The summed E-state index contributed by atoms with van der Waals surface area (Å²) >= 11 is 0. The Kier molecular flexibility index (Phi) is 4.90. The number of aryl methyl sites for hydroxylation is 1. The van der Waals surface area contributed by atoms with Crippen LogP contribution in [0.15, 0.2) is 24.3 Å². The van der Waals surface area contributed by atoms with Crippen molar-refractivity contribution in [2.45, 2.75) is 19.8 Å². The number of nitrogens with zero attached hydrogens (tertiary/aromatic N) is 4. The number of sulfone groups is 1. The van der Waals surface area contributed by atoms with Gasteiger partial charge in [0, 0.05) is 43.7 Å². The van der Waals surface area contributed by atoms with E-state index in [4.69, 9.17) is 9.97 Å². The van der Waals surface area contributed by atoms with Gasteiger partial charge >= 0.3 is 0 Å². The highest BCUT2D eigenvalue weighted by Gasteiger charge is 2.26. The molecule has 2 aromatic rings. The van der Waals surface area contributed by atoms with Gasteiger partial charge in [0.25, 0.3) is 0 Å². The Balaban J connectivity index is 1.77. The number of benzene rings is 1. The molecule has 1 aromatic heterocycles. The fourth-order valence-electron chi connectivity index (χ4n) is 3.70. The summed E-state index contributed by atoms with van der Waals surface area (Å²) in [5, 5.41) is 0. The Hall–Kier alpha value is -1.99. The lowest BCUT2D eigenvalue weighted by atomic mass is 10.0. The first kappa shape index (κ1) is 18.4. The first-order valence-corrected chi connectivity index (χ1v) is 11.3. The van der Waals surface area contributed by atoms with Crippen LogP contribution in [0.3, 0.4) is 0 Å². The average Bonchev–Trinajstić information content (AvgIpc) is 2.83. The Morgan fingerprint density at radius 1 is 0.926 bits per heavy atom. The summed E-state index contributed by atoms with van der Waals surface area (Å²) in [6.45, 7) is 4.99. The molecule has 144 valence electrons. The maximum atomic E-state index is 11.8. The fraction of sp³-hybridized carbons (Fsp3) is 0.500. The van der Waals surface area contributed by atoms with E-state index in [2.05, 4.69) is 43.1 Å². The molecule has 1 saturated heterocycles. The fourth-order valence-corrected chi connectivity index (χ4v) is 4.90. The minimum atomic E-state index is -2.93. The summed E-state index contributed by atoms with van der Waals surface area (Å²) in [4.78, 5) is 14.2. The van der Waals surface area contributed by atoms with E-state index < -0.39 is 9.84 Å². The van der Waals surface area contributed by atoms with E-state index in [9.17, 15) is 8.42 Å². The van der Waals surface area contributed by atoms with Crippen LogP contribution in [0.5, 0.6) is 0 Å². The molecule has 0 amide bonds. The molecule has 0 unspecified atom stereocenters. The quantitative estimate of drug-likeness (QED) is 0.783. The van der Waals surface area contributed by atoms with E-state index in [-0.39, 0.29) is 11.5 Å². The summed E-state index contributed by atoms with van der Waals surface area (Å²) in [6, 6.07) is 8.47. The van der Waals surface area contributed by atoms with E-state index in [0.717, 1.165) is 42.9 Å². The van der Waals surface area contributed by atoms with Crippen molar-refractivity contribution >= 4 is 15.8 Å². The first-order valence-electron chi connectivity index (χ1n) is 9.52. The van der Waals surface area contributed by atoms with Gasteiger partial charge in [0.05, 0.1) is 22.9 Å². The molecule has 0 N–H and O–H groups in total. The molecule has 0 bridgehead atoms. The van der Waals surface area contributed by atoms with E-state index >= 15 is 0 Å². The Labute approximate surface area is 161 Å². The number of fused-ring (bicyclic) bond motifs is 1. The van der Waals surface area contributed by atoms with Crippen molar-refractivity contribution in [3.63, 3.8) is 0 Å². The van der Waals surface area contributed by atoms with E-state index in [1.165, 1.54) is 11.1 Å². The van der Waals surface area contributed by atoms with Crippen molar-refractivity contribution in [3.8, 4) is 11.3 Å². The summed E-state index contributed by atoms with van der Waals surface area (Å²) in [6.07, 6.45) is 1.83. The molecule has 1 fully saturated rings. The van der Waals surface area contributed by atoms with Crippen LogP contribution >= 0.6 is 0 Å². The van der Waals surface area contributed by atoms with Crippen molar-refractivity contribution in [2.75, 3.05) is 49.6 Å². The number of rotatable bonds is 2. The highest BCUT2D eigenvalue weighted by Crippen LogP contribution is 2.29. The third-order valence-electron chi connectivity index (χ3n) is 5.51. The zero-order chi connectivity index (χ0) is 19.0. The first-order chi connectivity index (χ1) is 12.9. The average molecular weight is 387 g/mol. The molecule has 6 nitrogen and oxygen atoms in total. The normalized spacial score (nSPS) is 20.1. The van der Waals surface area contributed by atoms with E-state index in [1.807, 2.05) is 4.90 Å². The minimum absolute atomic E-state index is 0.177. The van der Waals surface area contributed by atoms with Crippen LogP contribution in [0.1, 0.15) is 16.8 Å². The summed E-state index contributed by atoms with van der Waals surface area (Å²) in [5.41, 5.74) is 5.67. The molecule has 0 radical (unpaired) electrons. The standard InChI is InChI=1S/C20H26N4O2S/c1-15-3-5-16(6-4-15)19-17-7-9-23(2)10-8-18(17)21-20(22-19)24-11-13-27(25,26)14-12-24/h3-6H,7-14H2,1-2H3. The second-order valence-corrected chi connectivity index (χ2v) is 9.91. The van der Waals surface area contributed by atoms with E-state index in [1.54, 1.807) is 0 Å². The Morgan fingerprint density at radius 3 is 2.30 bits per heavy atom. The summed E-state index contributed by atoms with van der Waals surface area (Å²) in [5.74, 6) is 1.02. The van der Waals surface area contributed by atoms with Crippen LogP contribution < -0.4 is 4.90 Å². The summed E-state index contributed by atoms with van der Waals surface area (Å²) in [7, 11) is -0.785. The number of aromatic nitrogens is 2. The van der Waals surface area contributed by atoms with Gasteiger partial charge in [-0.15, -0.1) is 0 Å². The van der Waals surface area contributed by atoms with Crippen LogP contribution in [0, 0.1) is 6.92 Å². The van der Waals surface area contributed by atoms with Gasteiger partial charge in [0.2, 0.25) is 5.95 Å². The monoisotopic (exact) mass is 386 g/mol. The minimum Gasteiger partial charge on any atom is -0.339 e. The van der Waals surface area contributed by atoms with Crippen molar-refractivity contribution in [3.05, 3.63) is 41.1 Å². The van der Waals surface area contributed by atoms with Gasteiger partial charge in [0.15, 0.2) is 9.84 Å². The van der Waals surface area contributed by atoms with Gasteiger partial charge in [-0.05, 0) is 20.4 Å². The SMILES string of the molecule is Cc1ccc(-c2nc(N3CCS(=O)(=O)CC3)nc3c2CCN(C)CC3)cc1. The molecule has 0 saturated carbocycles. The molecule has 1 aromatic carbocycles. The van der Waals surface area contributed by atoms with Crippen LogP contribution in [0.25, 0.3) is 11.3 Å². The molecule has 0 atom stereocenters. The Bertz CT molecular complexity index is 927. The molecule has 0 spiro atoms. The Morgan fingerprint density at radius 2 is 1.59 bits per heavy atom. The van der Waals surface area contributed by atoms with Crippen LogP contribution in [-0.4, -0.2) is 68.0 Å². The predicted octanol–water partition coefficient (Wildman–Crippen LogP) is 1.72. The lowest BCUT2D eigenvalue weighted by molar-refractivity contribution is 0.352. The second kappa shape index (κ2) is 7.20. The van der Waals surface area contributed by atoms with Gasteiger partial charge in [-0.3, -0.25) is 0 Å². The van der Waals surface area contributed by atoms with Gasteiger partial charge in [-0.2, -0.15) is 0 Å². The lowest BCUT2D eigenvalue weighted by Gasteiger charge is -2.28. The molecule has 7 heteroatoms. The molecule has 3 heterocycles. The molecule has 2 aliphatic heterocycles. The summed E-state index contributed by atoms with van der Waals surface area (Å²) < 4.78 is 23.6. The predicted molar refractivity (Wildman–Crippen MR) is 108 cm³/mol. The van der Waals surface area contributed by atoms with Crippen molar-refractivity contribution in [1.29, 1.82) is 0 Å². The van der Waals surface area contributed by atoms with Gasteiger partial charge < -0.3 is 9.80 Å².